The molecule has 1 fully saturated rings. The summed E-state index contributed by atoms with van der Waals surface area (Å²) in [6.07, 6.45) is 1.44. The summed E-state index contributed by atoms with van der Waals surface area (Å²) >= 11 is 0.757. The van der Waals surface area contributed by atoms with Crippen molar-refractivity contribution in [1.82, 2.24) is 4.90 Å². The van der Waals surface area contributed by atoms with Gasteiger partial charge in [-0.05, 0) is 35.5 Å². The molecule has 0 spiro atoms. The van der Waals surface area contributed by atoms with Crippen LogP contribution in [-0.2, 0) is 11.3 Å². The molecule has 0 aliphatic carbocycles. The molecular weight excluding hydrogens is 490 g/mol. The van der Waals surface area contributed by atoms with E-state index in [9.17, 15) is 29.8 Å². The number of rotatable bonds is 8. The Morgan fingerprint density at radius 2 is 1.69 bits per heavy atom. The lowest BCUT2D eigenvalue weighted by Crippen LogP contribution is -2.27. The zero-order valence-corrected chi connectivity index (χ0v) is 19.5. The molecular formula is C24H17N3O8S. The summed E-state index contributed by atoms with van der Waals surface area (Å²) in [6, 6.07) is 16.8. The van der Waals surface area contributed by atoms with E-state index >= 15 is 0 Å². The van der Waals surface area contributed by atoms with Gasteiger partial charge in [-0.15, -0.1) is 0 Å². The van der Waals surface area contributed by atoms with Crippen LogP contribution in [0.2, 0.25) is 0 Å². The van der Waals surface area contributed by atoms with Crippen LogP contribution >= 0.6 is 11.8 Å². The topological polar surface area (TPSA) is 142 Å². The van der Waals surface area contributed by atoms with Crippen LogP contribution in [0.3, 0.4) is 0 Å². The average molecular weight is 507 g/mol. The van der Waals surface area contributed by atoms with Gasteiger partial charge in [0.25, 0.3) is 16.8 Å². The standard InChI is InChI=1S/C24H17N3O8S/c1-34-20-9-5-8-16(22(20)35-19-11-10-17(26(30)31)13-18(19)27(32)33)12-21-23(28)25(24(29)36-21)14-15-6-3-2-4-7-15/h2-13H,14H2,1H3/b21-12+. The Bertz CT molecular complexity index is 1410. The number of imide groups is 1. The number of nitro groups is 2. The Labute approximate surface area is 208 Å². The maximum atomic E-state index is 13.0. The molecule has 4 rings (SSSR count). The van der Waals surface area contributed by atoms with Gasteiger partial charge >= 0.3 is 5.69 Å². The van der Waals surface area contributed by atoms with Gasteiger partial charge < -0.3 is 9.47 Å². The van der Waals surface area contributed by atoms with Gasteiger partial charge in [0.2, 0.25) is 5.75 Å². The van der Waals surface area contributed by atoms with Crippen molar-refractivity contribution in [2.75, 3.05) is 7.11 Å². The molecule has 3 aromatic carbocycles. The molecule has 0 aromatic heterocycles. The highest BCUT2D eigenvalue weighted by atomic mass is 32.2. The van der Waals surface area contributed by atoms with Gasteiger partial charge in [0, 0.05) is 11.6 Å². The number of benzene rings is 3. The van der Waals surface area contributed by atoms with Gasteiger partial charge in [0.15, 0.2) is 11.5 Å². The first-order valence-corrected chi connectivity index (χ1v) is 11.2. The average Bonchev–Trinajstić information content (AvgIpc) is 3.12. The Morgan fingerprint density at radius 1 is 0.944 bits per heavy atom. The molecule has 0 radical (unpaired) electrons. The third-order valence-electron chi connectivity index (χ3n) is 5.14. The van der Waals surface area contributed by atoms with Crippen LogP contribution in [-0.4, -0.2) is 33.0 Å². The van der Waals surface area contributed by atoms with Crippen LogP contribution in [0.15, 0.2) is 71.6 Å². The van der Waals surface area contributed by atoms with E-state index in [1.807, 2.05) is 18.2 Å². The molecule has 3 aromatic rings. The summed E-state index contributed by atoms with van der Waals surface area (Å²) in [5.74, 6) is -0.530. The highest BCUT2D eigenvalue weighted by molar-refractivity contribution is 8.18. The summed E-state index contributed by atoms with van der Waals surface area (Å²) in [5, 5.41) is 22.1. The van der Waals surface area contributed by atoms with Gasteiger partial charge in [-0.1, -0.05) is 42.5 Å². The third kappa shape index (κ3) is 5.03. The molecule has 12 heteroatoms. The van der Waals surface area contributed by atoms with E-state index < -0.39 is 32.4 Å². The van der Waals surface area contributed by atoms with Crippen molar-refractivity contribution in [3.63, 3.8) is 0 Å². The van der Waals surface area contributed by atoms with Crippen molar-refractivity contribution in [2.24, 2.45) is 0 Å². The molecule has 2 amide bonds. The minimum atomic E-state index is -0.799. The molecule has 1 aliphatic rings. The highest BCUT2D eigenvalue weighted by Crippen LogP contribution is 2.42. The fourth-order valence-corrected chi connectivity index (χ4v) is 4.25. The van der Waals surface area contributed by atoms with Crippen LogP contribution in [0.25, 0.3) is 6.08 Å². The van der Waals surface area contributed by atoms with Gasteiger partial charge in [0.1, 0.15) is 0 Å². The van der Waals surface area contributed by atoms with Crippen LogP contribution in [0.4, 0.5) is 16.2 Å². The number of methoxy groups -OCH3 is 1. The lowest BCUT2D eigenvalue weighted by molar-refractivity contribution is -0.394. The number of carbonyl (C=O) groups excluding carboxylic acids is 2. The predicted octanol–water partition coefficient (Wildman–Crippen LogP) is 5.54. The van der Waals surface area contributed by atoms with Crippen molar-refractivity contribution < 1.29 is 28.9 Å². The lowest BCUT2D eigenvalue weighted by atomic mass is 10.1. The van der Waals surface area contributed by atoms with E-state index in [0.717, 1.165) is 40.4 Å². The monoisotopic (exact) mass is 507 g/mol. The number of nitro benzene ring substituents is 2. The number of amides is 2. The second-order valence-electron chi connectivity index (χ2n) is 7.40. The number of thioether (sulfide) groups is 1. The van der Waals surface area contributed by atoms with Gasteiger partial charge in [-0.3, -0.25) is 34.7 Å². The zero-order valence-electron chi connectivity index (χ0n) is 18.7. The van der Waals surface area contributed by atoms with Gasteiger partial charge in [-0.25, -0.2) is 0 Å². The molecule has 0 saturated carbocycles. The smallest absolute Gasteiger partial charge is 0.318 e. The normalized spacial score (nSPS) is 14.2. The maximum Gasteiger partial charge on any atom is 0.318 e. The summed E-state index contributed by atoms with van der Waals surface area (Å²) in [7, 11) is 1.37. The van der Waals surface area contributed by atoms with E-state index in [-0.39, 0.29) is 28.7 Å². The van der Waals surface area contributed by atoms with E-state index in [0.29, 0.717) is 5.56 Å². The SMILES string of the molecule is COc1cccc(/C=C2/SC(=O)N(Cc3ccccc3)C2=O)c1Oc1ccc([N+](=O)[O-])cc1[N+](=O)[O-]. The maximum absolute atomic E-state index is 13.0. The van der Waals surface area contributed by atoms with Crippen molar-refractivity contribution in [3.8, 4) is 17.2 Å². The first-order chi connectivity index (χ1) is 17.3. The molecule has 1 aliphatic heterocycles. The first kappa shape index (κ1) is 24.4. The van der Waals surface area contributed by atoms with Crippen LogP contribution in [0, 0.1) is 20.2 Å². The van der Waals surface area contributed by atoms with Crippen LogP contribution in [0.1, 0.15) is 11.1 Å². The number of ether oxygens (including phenoxy) is 2. The number of carbonyl (C=O) groups is 2. The lowest BCUT2D eigenvalue weighted by Gasteiger charge is -2.14. The van der Waals surface area contributed by atoms with E-state index in [1.54, 1.807) is 30.3 Å². The molecule has 0 atom stereocenters. The minimum absolute atomic E-state index is 0.0341. The molecule has 0 N–H and O–H groups in total. The molecule has 36 heavy (non-hydrogen) atoms. The van der Waals surface area contributed by atoms with Gasteiger partial charge in [-0.2, -0.15) is 0 Å². The number of hydrogen-bond donors (Lipinski definition) is 0. The second kappa shape index (κ2) is 10.3. The summed E-state index contributed by atoms with van der Waals surface area (Å²) < 4.78 is 11.1. The molecule has 1 heterocycles. The molecule has 1 saturated heterocycles. The summed E-state index contributed by atoms with van der Waals surface area (Å²) in [6.45, 7) is 0.110. The Morgan fingerprint density at radius 3 is 2.36 bits per heavy atom. The first-order valence-electron chi connectivity index (χ1n) is 10.4. The Hall–Kier alpha value is -4.71. The number of nitrogens with zero attached hydrogens (tertiary/aromatic N) is 3. The fraction of sp³-hybridized carbons (Fsp3) is 0.0833. The van der Waals surface area contributed by atoms with Crippen LogP contribution < -0.4 is 9.47 Å². The molecule has 11 nitrogen and oxygen atoms in total. The van der Waals surface area contributed by atoms with E-state index in [1.165, 1.54) is 13.2 Å². The fourth-order valence-electron chi connectivity index (χ4n) is 3.42. The predicted molar refractivity (Wildman–Crippen MR) is 131 cm³/mol. The number of non-ortho nitro benzene ring substituents is 1. The van der Waals surface area contributed by atoms with E-state index in [4.69, 9.17) is 9.47 Å². The summed E-state index contributed by atoms with van der Waals surface area (Å²) in [4.78, 5) is 47.8. The Kier molecular flexibility index (Phi) is 6.97. The minimum Gasteiger partial charge on any atom is -0.493 e. The number of para-hydroxylation sites is 1. The van der Waals surface area contributed by atoms with E-state index in [2.05, 4.69) is 0 Å². The molecule has 182 valence electrons. The van der Waals surface area contributed by atoms with Crippen molar-refractivity contribution in [3.05, 3.63) is 103 Å². The number of hydrogen-bond acceptors (Lipinski definition) is 9. The molecule has 0 bridgehead atoms. The molecule has 0 unspecified atom stereocenters. The van der Waals surface area contributed by atoms with Crippen molar-refractivity contribution >= 4 is 40.4 Å². The van der Waals surface area contributed by atoms with Crippen LogP contribution in [0.5, 0.6) is 17.2 Å². The summed E-state index contributed by atoms with van der Waals surface area (Å²) in [5.41, 5.74) is 0.00905. The highest BCUT2D eigenvalue weighted by Gasteiger charge is 2.35. The Balaban J connectivity index is 1.70. The third-order valence-corrected chi connectivity index (χ3v) is 6.04. The van der Waals surface area contributed by atoms with Crippen molar-refractivity contribution in [2.45, 2.75) is 6.54 Å². The zero-order chi connectivity index (χ0) is 25.8. The largest absolute Gasteiger partial charge is 0.493 e. The second-order valence-corrected chi connectivity index (χ2v) is 8.39. The quantitative estimate of drug-likeness (QED) is 0.218. The van der Waals surface area contributed by atoms with Crippen molar-refractivity contribution in [1.29, 1.82) is 0 Å². The van der Waals surface area contributed by atoms with Gasteiger partial charge in [0.05, 0.1) is 34.5 Å².